The zero-order valence-electron chi connectivity index (χ0n) is 11.4. The van der Waals surface area contributed by atoms with Crippen LogP contribution in [0.2, 0.25) is 0 Å². The molecule has 2 aromatic heterocycles. The third-order valence-electron chi connectivity index (χ3n) is 2.89. The number of aromatic amines is 1. The van der Waals surface area contributed by atoms with E-state index in [9.17, 15) is 18.0 Å². The first-order valence-electron chi connectivity index (χ1n) is 6.28. The molecule has 6 nitrogen and oxygen atoms in total. The third-order valence-corrected chi connectivity index (χ3v) is 2.89. The van der Waals surface area contributed by atoms with E-state index in [1.807, 2.05) is 6.92 Å². The Labute approximate surface area is 118 Å². The molecule has 0 bridgehead atoms. The number of carbonyl (C=O) groups excluding carboxylic acids is 1. The number of nitrogens with one attached hydrogen (secondary N) is 2. The summed E-state index contributed by atoms with van der Waals surface area (Å²) in [5.41, 5.74) is -0.753. The molecule has 0 saturated carbocycles. The maximum atomic E-state index is 12.4. The molecule has 0 aromatic carbocycles. The van der Waals surface area contributed by atoms with Gasteiger partial charge in [0, 0.05) is 18.8 Å². The average Bonchev–Trinajstić information content (AvgIpc) is 3.07. The van der Waals surface area contributed by atoms with Crippen LogP contribution in [0.15, 0.2) is 18.3 Å². The molecule has 0 aliphatic carbocycles. The summed E-state index contributed by atoms with van der Waals surface area (Å²) in [7, 11) is 0. The average molecular weight is 301 g/mol. The van der Waals surface area contributed by atoms with Crippen molar-refractivity contribution >= 4 is 5.91 Å². The topological polar surface area (TPSA) is 75.6 Å². The number of halogens is 3. The zero-order chi connectivity index (χ0) is 15.6. The van der Waals surface area contributed by atoms with Gasteiger partial charge in [-0.15, -0.1) is 0 Å². The largest absolute Gasteiger partial charge is 0.432 e. The van der Waals surface area contributed by atoms with Crippen molar-refractivity contribution in [3.63, 3.8) is 0 Å². The van der Waals surface area contributed by atoms with Crippen LogP contribution in [-0.2, 0) is 12.7 Å². The second-order valence-electron chi connectivity index (χ2n) is 4.46. The lowest BCUT2D eigenvalue weighted by Crippen LogP contribution is -2.27. The Hall–Kier alpha value is -2.32. The van der Waals surface area contributed by atoms with Gasteiger partial charge < -0.3 is 5.32 Å². The number of alkyl halides is 3. The SMILES string of the molecule is CCn1ccc(C(C)NC(=O)c2cc(C(F)(F)F)[nH]n2)n1. The van der Waals surface area contributed by atoms with Gasteiger partial charge in [0.15, 0.2) is 5.69 Å². The van der Waals surface area contributed by atoms with Crippen molar-refractivity contribution in [2.75, 3.05) is 0 Å². The molecule has 0 fully saturated rings. The second kappa shape index (κ2) is 5.58. The Balaban J connectivity index is 2.05. The van der Waals surface area contributed by atoms with Crippen LogP contribution >= 0.6 is 0 Å². The number of hydrogen-bond acceptors (Lipinski definition) is 3. The molecule has 0 saturated heterocycles. The van der Waals surface area contributed by atoms with Crippen LogP contribution < -0.4 is 5.32 Å². The summed E-state index contributed by atoms with van der Waals surface area (Å²) >= 11 is 0. The lowest BCUT2D eigenvalue weighted by molar-refractivity contribution is -0.141. The number of hydrogen-bond donors (Lipinski definition) is 2. The number of H-pyrrole nitrogens is 1. The minimum atomic E-state index is -4.56. The molecular formula is C12H14F3N5O. The monoisotopic (exact) mass is 301 g/mol. The molecule has 9 heteroatoms. The first-order valence-corrected chi connectivity index (χ1v) is 6.28. The zero-order valence-corrected chi connectivity index (χ0v) is 11.4. The van der Waals surface area contributed by atoms with Gasteiger partial charge in [-0.05, 0) is 19.9 Å². The van der Waals surface area contributed by atoms with Gasteiger partial charge in [-0.3, -0.25) is 14.6 Å². The summed E-state index contributed by atoms with van der Waals surface area (Å²) in [5, 5.41) is 11.9. The molecule has 2 rings (SSSR count). The van der Waals surface area contributed by atoms with Crippen molar-refractivity contribution in [3.05, 3.63) is 35.4 Å². The quantitative estimate of drug-likeness (QED) is 0.908. The summed E-state index contributed by atoms with van der Waals surface area (Å²) in [6, 6.07) is 1.98. The molecular weight excluding hydrogens is 287 g/mol. The van der Waals surface area contributed by atoms with Gasteiger partial charge in [0.25, 0.3) is 5.91 Å². The number of rotatable bonds is 4. The predicted octanol–water partition coefficient (Wildman–Crippen LogP) is 2.14. The van der Waals surface area contributed by atoms with E-state index < -0.39 is 23.8 Å². The van der Waals surface area contributed by atoms with Crippen LogP contribution in [-0.4, -0.2) is 25.9 Å². The van der Waals surface area contributed by atoms with E-state index in [1.54, 1.807) is 29.0 Å². The molecule has 1 atom stereocenters. The molecule has 2 N–H and O–H groups in total. The molecule has 0 radical (unpaired) electrons. The summed E-state index contributed by atoms with van der Waals surface area (Å²) < 4.78 is 38.9. The van der Waals surface area contributed by atoms with E-state index in [0.717, 1.165) is 0 Å². The number of nitrogens with zero attached hydrogens (tertiary/aromatic N) is 3. The number of aromatic nitrogens is 4. The van der Waals surface area contributed by atoms with Crippen molar-refractivity contribution in [1.29, 1.82) is 0 Å². The standard InChI is InChI=1S/C12H14F3N5O/c1-3-20-5-4-8(19-20)7(2)16-11(21)9-6-10(18-17-9)12(13,14)15/h4-7H,3H2,1-2H3,(H,16,21)(H,17,18). The van der Waals surface area contributed by atoms with E-state index in [2.05, 4.69) is 15.5 Å². The molecule has 1 unspecified atom stereocenters. The Morgan fingerprint density at radius 1 is 1.52 bits per heavy atom. The van der Waals surface area contributed by atoms with Crippen LogP contribution in [0.25, 0.3) is 0 Å². The number of amides is 1. The van der Waals surface area contributed by atoms with E-state index in [0.29, 0.717) is 18.3 Å². The Kier molecular flexibility index (Phi) is 4.01. The van der Waals surface area contributed by atoms with Crippen LogP contribution in [0.1, 0.15) is 41.8 Å². The third kappa shape index (κ3) is 3.41. The Morgan fingerprint density at radius 2 is 2.24 bits per heavy atom. The van der Waals surface area contributed by atoms with Crippen LogP contribution in [0, 0.1) is 0 Å². The highest BCUT2D eigenvalue weighted by molar-refractivity contribution is 5.92. The van der Waals surface area contributed by atoms with E-state index in [4.69, 9.17) is 0 Å². The van der Waals surface area contributed by atoms with Crippen LogP contribution in [0.4, 0.5) is 13.2 Å². The molecule has 1 amide bonds. The minimum absolute atomic E-state index is 0.316. The fraction of sp³-hybridized carbons (Fsp3) is 0.417. The molecule has 2 heterocycles. The first kappa shape index (κ1) is 15.1. The van der Waals surface area contributed by atoms with E-state index >= 15 is 0 Å². The van der Waals surface area contributed by atoms with E-state index in [-0.39, 0.29) is 5.69 Å². The summed E-state index contributed by atoms with van der Waals surface area (Å²) in [5.74, 6) is -0.694. The van der Waals surface area contributed by atoms with E-state index in [1.165, 1.54) is 0 Å². The molecule has 0 aliphatic heterocycles. The maximum absolute atomic E-state index is 12.4. The van der Waals surface area contributed by atoms with Crippen molar-refractivity contribution in [3.8, 4) is 0 Å². The lowest BCUT2D eigenvalue weighted by Gasteiger charge is -2.10. The fourth-order valence-electron chi connectivity index (χ4n) is 1.71. The maximum Gasteiger partial charge on any atom is 0.432 e. The van der Waals surface area contributed by atoms with Gasteiger partial charge in [-0.25, -0.2) is 0 Å². The first-order chi connectivity index (χ1) is 9.81. The lowest BCUT2D eigenvalue weighted by atomic mass is 10.2. The van der Waals surface area contributed by atoms with Gasteiger partial charge in [-0.1, -0.05) is 0 Å². The van der Waals surface area contributed by atoms with Crippen molar-refractivity contribution < 1.29 is 18.0 Å². The van der Waals surface area contributed by atoms with Gasteiger partial charge >= 0.3 is 6.18 Å². The fourth-order valence-corrected chi connectivity index (χ4v) is 1.71. The molecule has 0 aliphatic rings. The molecule has 0 spiro atoms. The van der Waals surface area contributed by atoms with Crippen molar-refractivity contribution in [2.45, 2.75) is 32.6 Å². The molecule has 114 valence electrons. The Bertz CT molecular complexity index is 631. The number of carbonyl (C=O) groups is 1. The predicted molar refractivity (Wildman–Crippen MR) is 67.4 cm³/mol. The second-order valence-corrected chi connectivity index (χ2v) is 4.46. The molecule has 2 aromatic rings. The smallest absolute Gasteiger partial charge is 0.342 e. The van der Waals surface area contributed by atoms with Crippen molar-refractivity contribution in [1.82, 2.24) is 25.3 Å². The van der Waals surface area contributed by atoms with Gasteiger partial charge in [0.2, 0.25) is 0 Å². The van der Waals surface area contributed by atoms with Crippen LogP contribution in [0.5, 0.6) is 0 Å². The normalized spacial score (nSPS) is 13.2. The van der Waals surface area contributed by atoms with Crippen molar-refractivity contribution in [2.24, 2.45) is 0 Å². The summed E-state index contributed by atoms with van der Waals surface area (Å²) in [6.45, 7) is 4.30. The summed E-state index contributed by atoms with van der Waals surface area (Å²) in [6.07, 6.45) is -2.80. The van der Waals surface area contributed by atoms with Gasteiger partial charge in [0.05, 0.1) is 11.7 Å². The highest BCUT2D eigenvalue weighted by atomic mass is 19.4. The van der Waals surface area contributed by atoms with Gasteiger partial charge in [0.1, 0.15) is 5.69 Å². The Morgan fingerprint density at radius 3 is 2.76 bits per heavy atom. The highest BCUT2D eigenvalue weighted by Crippen LogP contribution is 2.27. The van der Waals surface area contributed by atoms with Gasteiger partial charge in [-0.2, -0.15) is 23.4 Å². The summed E-state index contributed by atoms with van der Waals surface area (Å²) in [4.78, 5) is 11.8. The minimum Gasteiger partial charge on any atom is -0.342 e. The molecule has 21 heavy (non-hydrogen) atoms. The van der Waals surface area contributed by atoms with Crippen LogP contribution in [0.3, 0.4) is 0 Å². The highest BCUT2D eigenvalue weighted by Gasteiger charge is 2.34. The number of aryl methyl sites for hydroxylation is 1.